The van der Waals surface area contributed by atoms with Crippen LogP contribution >= 0.6 is 24.0 Å². The van der Waals surface area contributed by atoms with Gasteiger partial charge in [-0.2, -0.15) is 0 Å². The summed E-state index contributed by atoms with van der Waals surface area (Å²) in [5, 5.41) is 6.72. The summed E-state index contributed by atoms with van der Waals surface area (Å²) in [5.74, 6) is 0.844. The largest absolute Gasteiger partial charge is 0.356 e. The number of benzene rings is 1. The van der Waals surface area contributed by atoms with Gasteiger partial charge in [-0.3, -0.25) is 4.99 Å². The minimum atomic E-state index is 0. The zero-order valence-electron chi connectivity index (χ0n) is 15.1. The van der Waals surface area contributed by atoms with Crippen molar-refractivity contribution in [2.24, 2.45) is 4.99 Å². The van der Waals surface area contributed by atoms with E-state index in [-0.39, 0.29) is 24.0 Å². The van der Waals surface area contributed by atoms with Crippen molar-refractivity contribution in [2.45, 2.75) is 19.3 Å². The number of rotatable bonds is 7. The van der Waals surface area contributed by atoms with Crippen molar-refractivity contribution >= 4 is 35.6 Å². The topological polar surface area (TPSA) is 53.7 Å². The van der Waals surface area contributed by atoms with E-state index in [1.54, 1.807) is 7.05 Å². The van der Waals surface area contributed by atoms with Gasteiger partial charge in [0.2, 0.25) is 0 Å². The van der Waals surface area contributed by atoms with Gasteiger partial charge in [-0.15, -0.1) is 24.0 Å². The maximum absolute atomic E-state index is 4.61. The number of aliphatic imine (C=N–C) groups is 1. The van der Waals surface area contributed by atoms with E-state index in [2.05, 4.69) is 57.1 Å². The van der Waals surface area contributed by atoms with E-state index in [1.807, 2.05) is 28.8 Å². The first kappa shape index (κ1) is 20.2. The zero-order valence-corrected chi connectivity index (χ0v) is 17.4. The third-order valence-electron chi connectivity index (χ3n) is 4.09. The molecule has 0 bridgehead atoms. The molecular weight excluding hydrogens is 437 g/mol. The number of imidazole rings is 1. The smallest absolute Gasteiger partial charge is 0.190 e. The molecular formula is C20H26IN5. The molecule has 2 heterocycles. The summed E-state index contributed by atoms with van der Waals surface area (Å²) in [4.78, 5) is 8.88. The molecule has 26 heavy (non-hydrogen) atoms. The lowest BCUT2D eigenvalue weighted by Gasteiger charge is -2.11. The van der Waals surface area contributed by atoms with E-state index < -0.39 is 0 Å². The van der Waals surface area contributed by atoms with E-state index in [4.69, 9.17) is 0 Å². The van der Waals surface area contributed by atoms with Gasteiger partial charge in [0.05, 0.1) is 5.69 Å². The van der Waals surface area contributed by atoms with Gasteiger partial charge in [0, 0.05) is 39.0 Å². The third-order valence-corrected chi connectivity index (χ3v) is 4.09. The molecule has 0 aliphatic heterocycles. The van der Waals surface area contributed by atoms with Crippen molar-refractivity contribution in [3.8, 4) is 0 Å². The minimum absolute atomic E-state index is 0. The average molecular weight is 463 g/mol. The Labute approximate surface area is 172 Å². The number of aryl methyl sites for hydroxylation is 1. The SMILES string of the molecule is CN=C(NCCCc1ccccc1)NCCc1cn2ccccc2n1.I. The summed E-state index contributed by atoms with van der Waals surface area (Å²) in [6, 6.07) is 16.6. The Morgan fingerprint density at radius 3 is 2.54 bits per heavy atom. The molecule has 0 atom stereocenters. The Hall–Kier alpha value is -2.09. The fourth-order valence-corrected chi connectivity index (χ4v) is 2.78. The average Bonchev–Trinajstić information content (AvgIpc) is 3.07. The maximum atomic E-state index is 4.61. The first-order valence-electron chi connectivity index (χ1n) is 8.76. The molecule has 5 nitrogen and oxygen atoms in total. The highest BCUT2D eigenvalue weighted by Crippen LogP contribution is 2.04. The summed E-state index contributed by atoms with van der Waals surface area (Å²) < 4.78 is 2.05. The number of hydrogen-bond donors (Lipinski definition) is 2. The number of halogens is 1. The van der Waals surface area contributed by atoms with Crippen LogP contribution in [0.3, 0.4) is 0 Å². The van der Waals surface area contributed by atoms with Crippen LogP contribution in [-0.2, 0) is 12.8 Å². The molecule has 0 amide bonds. The molecule has 1 aromatic carbocycles. The molecule has 0 spiro atoms. The number of guanidine groups is 1. The van der Waals surface area contributed by atoms with Gasteiger partial charge >= 0.3 is 0 Å². The Morgan fingerprint density at radius 2 is 1.77 bits per heavy atom. The monoisotopic (exact) mass is 463 g/mol. The second kappa shape index (κ2) is 10.8. The molecule has 6 heteroatoms. The first-order chi connectivity index (χ1) is 12.3. The number of nitrogens with zero attached hydrogens (tertiary/aromatic N) is 3. The molecule has 3 rings (SSSR count). The first-order valence-corrected chi connectivity index (χ1v) is 8.76. The molecule has 138 valence electrons. The van der Waals surface area contributed by atoms with Gasteiger partial charge in [-0.1, -0.05) is 36.4 Å². The van der Waals surface area contributed by atoms with Crippen molar-refractivity contribution in [3.63, 3.8) is 0 Å². The van der Waals surface area contributed by atoms with Crippen LogP contribution < -0.4 is 10.6 Å². The second-order valence-corrected chi connectivity index (χ2v) is 5.96. The van der Waals surface area contributed by atoms with Crippen molar-refractivity contribution in [1.29, 1.82) is 0 Å². The standard InChI is InChI=1S/C20H25N5.HI/c1-21-20(22-13-7-10-17-8-3-2-4-9-17)23-14-12-18-16-25-15-6-5-11-19(25)24-18;/h2-6,8-9,11,15-16H,7,10,12-14H2,1H3,(H2,21,22,23);1H. The van der Waals surface area contributed by atoms with Crippen LogP contribution in [-0.4, -0.2) is 35.5 Å². The lowest BCUT2D eigenvalue weighted by Crippen LogP contribution is -2.38. The van der Waals surface area contributed by atoms with Crippen LogP contribution in [0.1, 0.15) is 17.7 Å². The summed E-state index contributed by atoms with van der Waals surface area (Å²) >= 11 is 0. The predicted octanol–water partition coefficient (Wildman–Crippen LogP) is 3.29. The maximum Gasteiger partial charge on any atom is 0.190 e. The van der Waals surface area contributed by atoms with Crippen LogP contribution in [0.5, 0.6) is 0 Å². The Kier molecular flexibility index (Phi) is 8.40. The second-order valence-electron chi connectivity index (χ2n) is 5.96. The minimum Gasteiger partial charge on any atom is -0.356 e. The van der Waals surface area contributed by atoms with Gasteiger partial charge in [-0.05, 0) is 30.5 Å². The summed E-state index contributed by atoms with van der Waals surface area (Å²) in [5.41, 5.74) is 3.44. The van der Waals surface area contributed by atoms with Crippen molar-refractivity contribution < 1.29 is 0 Å². The summed E-state index contributed by atoms with van der Waals surface area (Å²) in [6.45, 7) is 1.71. The van der Waals surface area contributed by atoms with Crippen LogP contribution in [0.2, 0.25) is 0 Å². The van der Waals surface area contributed by atoms with Crippen LogP contribution in [0.15, 0.2) is 65.9 Å². The lowest BCUT2D eigenvalue weighted by atomic mass is 10.1. The molecule has 3 aromatic rings. The Morgan fingerprint density at radius 1 is 1.00 bits per heavy atom. The fraction of sp³-hybridized carbons (Fsp3) is 0.300. The third kappa shape index (κ3) is 6.01. The highest BCUT2D eigenvalue weighted by molar-refractivity contribution is 14.0. The van der Waals surface area contributed by atoms with E-state index in [0.717, 1.165) is 49.7 Å². The zero-order chi connectivity index (χ0) is 17.3. The van der Waals surface area contributed by atoms with E-state index in [0.29, 0.717) is 0 Å². The van der Waals surface area contributed by atoms with Gasteiger partial charge in [0.15, 0.2) is 5.96 Å². The van der Waals surface area contributed by atoms with E-state index in [1.165, 1.54) is 5.56 Å². The fourth-order valence-electron chi connectivity index (χ4n) is 2.78. The predicted molar refractivity (Wildman–Crippen MR) is 118 cm³/mol. The quantitative estimate of drug-likeness (QED) is 0.245. The normalized spacial score (nSPS) is 11.2. The van der Waals surface area contributed by atoms with Crippen molar-refractivity contribution in [2.75, 3.05) is 20.1 Å². The highest BCUT2D eigenvalue weighted by Gasteiger charge is 2.02. The number of fused-ring (bicyclic) bond motifs is 1. The van der Waals surface area contributed by atoms with Crippen molar-refractivity contribution in [1.82, 2.24) is 20.0 Å². The van der Waals surface area contributed by atoms with E-state index >= 15 is 0 Å². The molecule has 0 aliphatic carbocycles. The number of pyridine rings is 1. The molecule has 0 aliphatic rings. The summed E-state index contributed by atoms with van der Waals surface area (Å²) in [6.07, 6.45) is 7.12. The number of hydrogen-bond acceptors (Lipinski definition) is 2. The van der Waals surface area contributed by atoms with E-state index in [9.17, 15) is 0 Å². The number of nitrogens with one attached hydrogen (secondary N) is 2. The molecule has 0 radical (unpaired) electrons. The van der Waals surface area contributed by atoms with Crippen LogP contribution in [0.4, 0.5) is 0 Å². The van der Waals surface area contributed by atoms with Crippen LogP contribution in [0.25, 0.3) is 5.65 Å². The molecule has 0 fully saturated rings. The van der Waals surface area contributed by atoms with Gasteiger partial charge in [-0.25, -0.2) is 4.98 Å². The summed E-state index contributed by atoms with van der Waals surface area (Å²) in [7, 11) is 1.80. The molecule has 0 saturated heterocycles. The molecule has 0 unspecified atom stereocenters. The molecule has 2 aromatic heterocycles. The Balaban J connectivity index is 0.00000243. The lowest BCUT2D eigenvalue weighted by molar-refractivity contribution is 0.737. The molecule has 2 N–H and O–H groups in total. The van der Waals surface area contributed by atoms with Gasteiger partial charge < -0.3 is 15.0 Å². The highest BCUT2D eigenvalue weighted by atomic mass is 127. The number of aromatic nitrogens is 2. The Bertz CT molecular complexity index is 780. The van der Waals surface area contributed by atoms with Gasteiger partial charge in [0.25, 0.3) is 0 Å². The molecule has 0 saturated carbocycles. The van der Waals surface area contributed by atoms with Crippen LogP contribution in [0, 0.1) is 0 Å². The van der Waals surface area contributed by atoms with Gasteiger partial charge in [0.1, 0.15) is 5.65 Å². The van der Waals surface area contributed by atoms with Crippen molar-refractivity contribution in [3.05, 3.63) is 72.2 Å².